The molecule has 0 amide bonds. The van der Waals surface area contributed by atoms with E-state index in [-0.39, 0.29) is 27.7 Å². The molecule has 0 saturated carbocycles. The summed E-state index contributed by atoms with van der Waals surface area (Å²) in [5, 5.41) is 0.480. The number of halogens is 1. The van der Waals surface area contributed by atoms with Crippen molar-refractivity contribution in [3.05, 3.63) is 54.7 Å². The predicted octanol–water partition coefficient (Wildman–Crippen LogP) is 3.17. The molecule has 3 N–H and O–H groups in total. The van der Waals surface area contributed by atoms with Crippen LogP contribution in [0.1, 0.15) is 0 Å². The molecule has 0 atom stereocenters. The number of aryl methyl sites for hydroxylation is 1. The Labute approximate surface area is 183 Å². The lowest BCUT2D eigenvalue weighted by atomic mass is 10.0. The van der Waals surface area contributed by atoms with E-state index < -0.39 is 15.8 Å². The number of rotatable bonds is 6. The number of benzene rings is 2. The van der Waals surface area contributed by atoms with Gasteiger partial charge in [0.2, 0.25) is 0 Å². The predicted molar refractivity (Wildman–Crippen MR) is 119 cm³/mol. The Balaban J connectivity index is 1.78. The lowest BCUT2D eigenvalue weighted by Gasteiger charge is -2.13. The Hall–Kier alpha value is -3.86. The van der Waals surface area contributed by atoms with E-state index in [1.807, 2.05) is 0 Å². The number of nitrogens with one attached hydrogen (secondary N) is 1. The molecule has 11 heteroatoms. The van der Waals surface area contributed by atoms with Crippen molar-refractivity contribution in [1.82, 2.24) is 14.5 Å². The highest BCUT2D eigenvalue weighted by Gasteiger charge is 2.22. The van der Waals surface area contributed by atoms with Crippen LogP contribution in [0.3, 0.4) is 0 Å². The average molecular weight is 457 g/mol. The van der Waals surface area contributed by atoms with Crippen LogP contribution in [0.5, 0.6) is 11.5 Å². The van der Waals surface area contributed by atoms with Crippen molar-refractivity contribution in [2.75, 3.05) is 24.7 Å². The van der Waals surface area contributed by atoms with Crippen LogP contribution in [0.25, 0.3) is 22.2 Å². The molecule has 0 bridgehead atoms. The molecule has 32 heavy (non-hydrogen) atoms. The van der Waals surface area contributed by atoms with Gasteiger partial charge in [-0.2, -0.15) is 0 Å². The molecule has 0 spiro atoms. The topological polar surface area (TPSA) is 121 Å². The Bertz CT molecular complexity index is 1440. The molecule has 0 aliphatic carbocycles. The van der Waals surface area contributed by atoms with Crippen molar-refractivity contribution in [3.63, 3.8) is 0 Å². The van der Waals surface area contributed by atoms with Crippen LogP contribution in [0.15, 0.2) is 53.8 Å². The van der Waals surface area contributed by atoms with E-state index in [0.29, 0.717) is 22.3 Å². The maximum atomic E-state index is 15.5. The minimum absolute atomic E-state index is 0.109. The largest absolute Gasteiger partial charge is 0.493 e. The molecule has 2 aromatic carbocycles. The van der Waals surface area contributed by atoms with E-state index >= 15 is 4.39 Å². The first kappa shape index (κ1) is 21.4. The van der Waals surface area contributed by atoms with Crippen LogP contribution in [0.2, 0.25) is 0 Å². The minimum Gasteiger partial charge on any atom is -0.493 e. The van der Waals surface area contributed by atoms with Gasteiger partial charge in [-0.1, -0.05) is 12.1 Å². The third kappa shape index (κ3) is 3.56. The van der Waals surface area contributed by atoms with Gasteiger partial charge in [-0.05, 0) is 18.2 Å². The molecular weight excluding hydrogens is 437 g/mol. The number of nitrogens with zero attached hydrogens (tertiary/aromatic N) is 3. The summed E-state index contributed by atoms with van der Waals surface area (Å²) in [5.74, 6) is 0.0415. The fraction of sp³-hybridized carbons (Fsp3) is 0.143. The zero-order valence-corrected chi connectivity index (χ0v) is 18.3. The zero-order chi connectivity index (χ0) is 23.0. The highest BCUT2D eigenvalue weighted by atomic mass is 32.2. The number of nitrogens with two attached hydrogens (primary N) is 1. The zero-order valence-electron chi connectivity index (χ0n) is 17.5. The van der Waals surface area contributed by atoms with Crippen molar-refractivity contribution in [1.29, 1.82) is 0 Å². The normalized spacial score (nSPS) is 11.5. The van der Waals surface area contributed by atoms with Gasteiger partial charge in [0, 0.05) is 30.4 Å². The van der Waals surface area contributed by atoms with E-state index in [0.717, 1.165) is 0 Å². The molecule has 0 aliphatic rings. The standard InChI is InChI=1S/C21H20FN5O4S/c1-27-10-14(18-20(23)24-11-25-21(18)27)13-5-4-6-15(19(13)22)26-32(28,29)12-7-8-16(30-2)17(9-12)31-3/h4-11,26H,1-3H3,(H2,23,24,25). The van der Waals surface area contributed by atoms with Crippen molar-refractivity contribution >= 4 is 32.6 Å². The van der Waals surface area contributed by atoms with E-state index in [1.54, 1.807) is 23.9 Å². The summed E-state index contributed by atoms with van der Waals surface area (Å²) in [7, 11) is 0.466. The van der Waals surface area contributed by atoms with Gasteiger partial charge in [-0.25, -0.2) is 22.8 Å². The number of nitrogen functional groups attached to an aromatic ring is 1. The summed E-state index contributed by atoms with van der Waals surface area (Å²) >= 11 is 0. The van der Waals surface area contributed by atoms with Gasteiger partial charge in [0.1, 0.15) is 17.8 Å². The fourth-order valence-corrected chi connectivity index (χ4v) is 4.52. The summed E-state index contributed by atoms with van der Waals surface area (Å²) in [4.78, 5) is 8.06. The fourth-order valence-electron chi connectivity index (χ4n) is 3.45. The van der Waals surface area contributed by atoms with Crippen molar-refractivity contribution in [2.45, 2.75) is 4.90 Å². The molecule has 2 aromatic heterocycles. The number of ether oxygens (including phenoxy) is 2. The lowest BCUT2D eigenvalue weighted by molar-refractivity contribution is 0.354. The maximum Gasteiger partial charge on any atom is 0.262 e. The number of anilines is 2. The molecule has 0 radical (unpaired) electrons. The number of fused-ring (bicyclic) bond motifs is 1. The second kappa shape index (κ2) is 8.00. The quantitative estimate of drug-likeness (QED) is 0.456. The average Bonchev–Trinajstić information content (AvgIpc) is 3.12. The summed E-state index contributed by atoms with van der Waals surface area (Å²) in [6.45, 7) is 0. The molecule has 166 valence electrons. The minimum atomic E-state index is -4.12. The first-order chi connectivity index (χ1) is 15.3. The Morgan fingerprint density at radius 3 is 2.53 bits per heavy atom. The van der Waals surface area contributed by atoms with Gasteiger partial charge in [-0.15, -0.1) is 0 Å². The van der Waals surface area contributed by atoms with Gasteiger partial charge >= 0.3 is 0 Å². The first-order valence-electron chi connectivity index (χ1n) is 9.36. The van der Waals surface area contributed by atoms with E-state index in [1.165, 1.54) is 50.9 Å². The van der Waals surface area contributed by atoms with E-state index in [4.69, 9.17) is 15.2 Å². The van der Waals surface area contributed by atoms with Crippen LogP contribution in [-0.4, -0.2) is 37.2 Å². The molecule has 2 heterocycles. The third-order valence-electron chi connectivity index (χ3n) is 4.98. The highest BCUT2D eigenvalue weighted by Crippen LogP contribution is 2.36. The molecule has 0 unspecified atom stereocenters. The monoisotopic (exact) mass is 457 g/mol. The number of hydrogen-bond acceptors (Lipinski definition) is 7. The smallest absolute Gasteiger partial charge is 0.262 e. The number of methoxy groups -OCH3 is 2. The Kier molecular flexibility index (Phi) is 5.35. The van der Waals surface area contributed by atoms with Crippen LogP contribution >= 0.6 is 0 Å². The molecular formula is C21H20FN5O4S. The highest BCUT2D eigenvalue weighted by molar-refractivity contribution is 7.92. The number of hydrogen-bond donors (Lipinski definition) is 2. The van der Waals surface area contributed by atoms with Crippen molar-refractivity contribution in [3.8, 4) is 22.6 Å². The molecule has 4 rings (SSSR count). The van der Waals surface area contributed by atoms with Crippen molar-refractivity contribution in [2.24, 2.45) is 7.05 Å². The molecule has 9 nitrogen and oxygen atoms in total. The molecule has 4 aromatic rings. The molecule has 0 saturated heterocycles. The van der Waals surface area contributed by atoms with Crippen molar-refractivity contribution < 1.29 is 22.3 Å². The van der Waals surface area contributed by atoms with E-state index in [9.17, 15) is 8.42 Å². The second-order valence-electron chi connectivity index (χ2n) is 6.90. The van der Waals surface area contributed by atoms with Gasteiger partial charge < -0.3 is 19.8 Å². The van der Waals surface area contributed by atoms with Crippen LogP contribution in [0.4, 0.5) is 15.9 Å². The number of aromatic nitrogens is 3. The SMILES string of the molecule is COc1ccc(S(=O)(=O)Nc2cccc(-c3cn(C)c4ncnc(N)c34)c2F)cc1OC. The second-order valence-corrected chi connectivity index (χ2v) is 8.58. The first-order valence-corrected chi connectivity index (χ1v) is 10.8. The van der Waals surface area contributed by atoms with Gasteiger partial charge in [0.25, 0.3) is 10.0 Å². The van der Waals surface area contributed by atoms with Crippen LogP contribution in [-0.2, 0) is 17.1 Å². The summed E-state index contributed by atoms with van der Waals surface area (Å²) in [6.07, 6.45) is 2.99. The molecule has 0 fully saturated rings. The lowest BCUT2D eigenvalue weighted by Crippen LogP contribution is -2.14. The Morgan fingerprint density at radius 1 is 1.06 bits per heavy atom. The van der Waals surface area contributed by atoms with Gasteiger partial charge in [0.15, 0.2) is 17.3 Å². The van der Waals surface area contributed by atoms with Gasteiger partial charge in [0.05, 0.1) is 30.2 Å². The van der Waals surface area contributed by atoms with Crippen LogP contribution in [0, 0.1) is 5.82 Å². The van der Waals surface area contributed by atoms with Gasteiger partial charge in [-0.3, -0.25) is 4.72 Å². The summed E-state index contributed by atoms with van der Waals surface area (Å²) < 4.78 is 55.6. The summed E-state index contributed by atoms with van der Waals surface area (Å²) in [6, 6.07) is 8.51. The van der Waals surface area contributed by atoms with E-state index in [2.05, 4.69) is 14.7 Å². The molecule has 0 aliphatic heterocycles. The van der Waals surface area contributed by atoms with Crippen LogP contribution < -0.4 is 19.9 Å². The number of sulfonamides is 1. The third-order valence-corrected chi connectivity index (χ3v) is 6.34. The maximum absolute atomic E-state index is 15.5. The summed E-state index contributed by atoms with van der Waals surface area (Å²) in [5.41, 5.74) is 6.92. The Morgan fingerprint density at radius 2 is 1.81 bits per heavy atom.